The highest BCUT2D eigenvalue weighted by atomic mass is 127. The molecule has 142 valence electrons. The van der Waals surface area contributed by atoms with Crippen LogP contribution in [0.25, 0.3) is 0 Å². The van der Waals surface area contributed by atoms with Crippen molar-refractivity contribution in [1.29, 1.82) is 0 Å². The number of benzene rings is 2. The molecule has 2 amide bonds. The van der Waals surface area contributed by atoms with Gasteiger partial charge in [0.1, 0.15) is 5.75 Å². The van der Waals surface area contributed by atoms with E-state index in [9.17, 15) is 9.59 Å². The molecule has 2 aromatic rings. The van der Waals surface area contributed by atoms with Crippen LogP contribution in [0.4, 0.5) is 5.69 Å². The molecule has 3 rings (SSSR count). The molecular weight excluding hydrogens is 475 g/mol. The zero-order valence-corrected chi connectivity index (χ0v) is 18.0. The average Bonchev–Trinajstić information content (AvgIpc) is 2.69. The van der Waals surface area contributed by atoms with Crippen LogP contribution in [-0.4, -0.2) is 47.9 Å². The van der Waals surface area contributed by atoms with Gasteiger partial charge in [-0.05, 0) is 77.5 Å². The van der Waals surface area contributed by atoms with Crippen molar-refractivity contribution in [2.24, 2.45) is 0 Å². The minimum absolute atomic E-state index is 0.0540. The Bertz CT molecular complexity index is 820. The van der Waals surface area contributed by atoms with Crippen molar-refractivity contribution >= 4 is 51.9 Å². The summed E-state index contributed by atoms with van der Waals surface area (Å²) >= 11 is 4.09. The van der Waals surface area contributed by atoms with Gasteiger partial charge in [0, 0.05) is 39.4 Å². The van der Waals surface area contributed by atoms with Gasteiger partial charge in [-0.25, -0.2) is 0 Å². The molecule has 27 heavy (non-hydrogen) atoms. The van der Waals surface area contributed by atoms with Crippen LogP contribution in [0.5, 0.6) is 5.75 Å². The van der Waals surface area contributed by atoms with E-state index < -0.39 is 0 Å². The Hall–Kier alpha value is -1.74. The molecule has 1 aliphatic heterocycles. The van der Waals surface area contributed by atoms with Crippen molar-refractivity contribution in [3.8, 4) is 5.75 Å². The molecule has 5 nitrogen and oxygen atoms in total. The van der Waals surface area contributed by atoms with Crippen LogP contribution in [0.15, 0.2) is 42.5 Å². The number of nitrogens with one attached hydrogen (secondary N) is 1. The third-order valence-corrected chi connectivity index (χ3v) is 5.89. The Morgan fingerprint density at radius 1 is 1.15 bits per heavy atom. The lowest BCUT2D eigenvalue weighted by molar-refractivity contribution is -0.118. The summed E-state index contributed by atoms with van der Waals surface area (Å²) in [6.07, 6.45) is 0. The molecule has 0 bridgehead atoms. The maximum Gasteiger partial charge on any atom is 0.262 e. The molecule has 1 fully saturated rings. The zero-order valence-electron chi connectivity index (χ0n) is 15.0. The summed E-state index contributed by atoms with van der Waals surface area (Å²) in [5, 5.41) is 2.84. The molecule has 0 atom stereocenters. The number of halogens is 1. The minimum atomic E-state index is -0.233. The van der Waals surface area contributed by atoms with Gasteiger partial charge in [-0.2, -0.15) is 11.8 Å². The van der Waals surface area contributed by atoms with Gasteiger partial charge in [0.15, 0.2) is 6.61 Å². The second-order valence-corrected chi connectivity index (χ2v) is 8.70. The Morgan fingerprint density at radius 3 is 2.52 bits per heavy atom. The number of hydrogen-bond acceptors (Lipinski definition) is 4. The Balaban J connectivity index is 1.57. The maximum absolute atomic E-state index is 12.6. The molecule has 0 unspecified atom stereocenters. The summed E-state index contributed by atoms with van der Waals surface area (Å²) in [6, 6.07) is 12.9. The number of rotatable bonds is 5. The molecule has 1 aliphatic rings. The van der Waals surface area contributed by atoms with E-state index in [4.69, 9.17) is 4.74 Å². The number of aryl methyl sites for hydroxylation is 1. The summed E-state index contributed by atoms with van der Waals surface area (Å²) in [4.78, 5) is 26.6. The molecular formula is C20H21IN2O3S. The SMILES string of the molecule is Cc1cc(C(=O)N2CCSCC2)ccc1NC(=O)COc1ccc(I)cc1. The summed E-state index contributed by atoms with van der Waals surface area (Å²) in [5.74, 6) is 2.45. The predicted octanol–water partition coefficient (Wildman–Crippen LogP) is 3.81. The fourth-order valence-electron chi connectivity index (χ4n) is 2.75. The van der Waals surface area contributed by atoms with Gasteiger partial charge in [-0.15, -0.1) is 0 Å². The second kappa shape index (κ2) is 9.45. The highest BCUT2D eigenvalue weighted by Gasteiger charge is 2.19. The lowest BCUT2D eigenvalue weighted by atomic mass is 10.1. The number of ether oxygens (including phenoxy) is 1. The van der Waals surface area contributed by atoms with Crippen molar-refractivity contribution in [1.82, 2.24) is 4.90 Å². The Kier molecular flexibility index (Phi) is 7.01. The molecule has 0 aromatic heterocycles. The van der Waals surface area contributed by atoms with E-state index >= 15 is 0 Å². The first kappa shape index (κ1) is 20.0. The van der Waals surface area contributed by atoms with Gasteiger partial charge in [0.05, 0.1) is 0 Å². The Labute approximate surface area is 177 Å². The van der Waals surface area contributed by atoms with E-state index in [-0.39, 0.29) is 18.4 Å². The normalized spacial score (nSPS) is 13.9. The first-order chi connectivity index (χ1) is 13.0. The van der Waals surface area contributed by atoms with Crippen LogP contribution in [0.1, 0.15) is 15.9 Å². The second-order valence-electron chi connectivity index (χ2n) is 6.23. The monoisotopic (exact) mass is 496 g/mol. The van der Waals surface area contributed by atoms with E-state index in [0.717, 1.165) is 33.7 Å². The van der Waals surface area contributed by atoms with Gasteiger partial charge in [-0.1, -0.05) is 0 Å². The van der Waals surface area contributed by atoms with Crippen LogP contribution >= 0.6 is 34.4 Å². The van der Waals surface area contributed by atoms with E-state index in [1.807, 2.05) is 53.9 Å². The summed E-state index contributed by atoms with van der Waals surface area (Å²) in [6.45, 7) is 3.40. The largest absolute Gasteiger partial charge is 0.484 e. The van der Waals surface area contributed by atoms with Crippen LogP contribution < -0.4 is 10.1 Å². The van der Waals surface area contributed by atoms with Crippen molar-refractivity contribution < 1.29 is 14.3 Å². The number of hydrogen-bond donors (Lipinski definition) is 1. The number of thioether (sulfide) groups is 1. The van der Waals surface area contributed by atoms with Crippen molar-refractivity contribution in [3.05, 3.63) is 57.2 Å². The summed E-state index contributed by atoms with van der Waals surface area (Å²) in [7, 11) is 0. The quantitative estimate of drug-likeness (QED) is 0.640. The standard InChI is InChI=1S/C20H21IN2O3S/c1-14-12-15(20(25)23-8-10-27-11-9-23)2-7-18(14)22-19(24)13-26-17-5-3-16(21)4-6-17/h2-7,12H,8-11,13H2,1H3,(H,22,24). The van der Waals surface area contributed by atoms with Crippen LogP contribution in [-0.2, 0) is 4.79 Å². The third-order valence-electron chi connectivity index (χ3n) is 4.23. The van der Waals surface area contributed by atoms with Gasteiger partial charge in [-0.3, -0.25) is 9.59 Å². The molecule has 0 saturated carbocycles. The van der Waals surface area contributed by atoms with Gasteiger partial charge in [0.2, 0.25) is 0 Å². The van der Waals surface area contributed by atoms with E-state index in [2.05, 4.69) is 27.9 Å². The van der Waals surface area contributed by atoms with E-state index in [1.54, 1.807) is 12.1 Å². The topological polar surface area (TPSA) is 58.6 Å². The molecule has 2 aromatic carbocycles. The first-order valence-corrected chi connectivity index (χ1v) is 10.9. The highest BCUT2D eigenvalue weighted by molar-refractivity contribution is 14.1. The maximum atomic E-state index is 12.6. The average molecular weight is 496 g/mol. The molecule has 0 aliphatic carbocycles. The van der Waals surface area contributed by atoms with E-state index in [1.165, 1.54) is 0 Å². The number of carbonyl (C=O) groups excluding carboxylic acids is 2. The van der Waals surface area contributed by atoms with Crippen molar-refractivity contribution in [2.75, 3.05) is 36.5 Å². The molecule has 1 N–H and O–H groups in total. The van der Waals surface area contributed by atoms with Crippen LogP contribution in [0, 0.1) is 10.5 Å². The number of amides is 2. The lowest BCUT2D eigenvalue weighted by Crippen LogP contribution is -2.37. The van der Waals surface area contributed by atoms with Crippen LogP contribution in [0.2, 0.25) is 0 Å². The third kappa shape index (κ3) is 5.62. The van der Waals surface area contributed by atoms with E-state index in [0.29, 0.717) is 17.0 Å². The predicted molar refractivity (Wildman–Crippen MR) is 118 cm³/mol. The fraction of sp³-hybridized carbons (Fsp3) is 0.300. The lowest BCUT2D eigenvalue weighted by Gasteiger charge is -2.26. The highest BCUT2D eigenvalue weighted by Crippen LogP contribution is 2.20. The number of anilines is 1. The molecule has 0 spiro atoms. The number of nitrogens with zero attached hydrogens (tertiary/aromatic N) is 1. The summed E-state index contributed by atoms with van der Waals surface area (Å²) < 4.78 is 6.61. The van der Waals surface area contributed by atoms with Crippen LogP contribution in [0.3, 0.4) is 0 Å². The van der Waals surface area contributed by atoms with Gasteiger partial charge >= 0.3 is 0 Å². The zero-order chi connectivity index (χ0) is 19.2. The first-order valence-electron chi connectivity index (χ1n) is 8.69. The fourth-order valence-corrected chi connectivity index (χ4v) is 4.01. The van der Waals surface area contributed by atoms with Crippen molar-refractivity contribution in [2.45, 2.75) is 6.92 Å². The molecule has 0 radical (unpaired) electrons. The Morgan fingerprint density at radius 2 is 1.85 bits per heavy atom. The molecule has 1 heterocycles. The number of carbonyl (C=O) groups is 2. The van der Waals surface area contributed by atoms with Gasteiger partial charge in [0.25, 0.3) is 11.8 Å². The van der Waals surface area contributed by atoms with Crippen molar-refractivity contribution in [3.63, 3.8) is 0 Å². The molecule has 1 saturated heterocycles. The summed E-state index contributed by atoms with van der Waals surface area (Å²) in [5.41, 5.74) is 2.21. The minimum Gasteiger partial charge on any atom is -0.484 e. The van der Waals surface area contributed by atoms with Gasteiger partial charge < -0.3 is 15.0 Å². The smallest absolute Gasteiger partial charge is 0.262 e. The molecule has 7 heteroatoms.